The summed E-state index contributed by atoms with van der Waals surface area (Å²) in [5.41, 5.74) is 1.41. The molecular formula is C28H35N7O4. The first-order valence-electron chi connectivity index (χ1n) is 13.2. The van der Waals surface area contributed by atoms with E-state index in [2.05, 4.69) is 20.9 Å². The van der Waals surface area contributed by atoms with Gasteiger partial charge in [0, 0.05) is 61.5 Å². The first-order chi connectivity index (χ1) is 18.8. The number of nitrogens with zero attached hydrogens (tertiary/aromatic N) is 4. The monoisotopic (exact) mass is 533 g/mol. The third-order valence-electron chi connectivity index (χ3n) is 7.24. The summed E-state index contributed by atoms with van der Waals surface area (Å²) < 4.78 is 10.6. The topological polar surface area (TPSA) is 121 Å². The number of hydrogen-bond donors (Lipinski definition) is 3. The Morgan fingerprint density at radius 3 is 2.54 bits per heavy atom. The van der Waals surface area contributed by atoms with Crippen molar-refractivity contribution in [3.8, 4) is 11.5 Å². The standard InChI is InChI=1S/C28H35N7O4/c1-17(2)25-27(36)29-14-19-15-35(28(37)30-18-11-20(38-3)13-21(12-18)39-4)10-9-34(19)16-24-31-23-8-6-5-7-22(23)26(32-24)33-25/h5-8,11-13,17,19,25H,9-10,14-16H2,1-4H3,(H,29,36)(H,30,37)(H,31,32,33)/t19?,25-/m0/s1. The molecule has 39 heavy (non-hydrogen) atoms. The lowest BCUT2D eigenvalue weighted by molar-refractivity contribution is -0.123. The van der Waals surface area contributed by atoms with Gasteiger partial charge in [-0.3, -0.25) is 9.69 Å². The van der Waals surface area contributed by atoms with Crippen molar-refractivity contribution in [2.75, 3.05) is 51.0 Å². The average Bonchev–Trinajstić information content (AvgIpc) is 2.96. The van der Waals surface area contributed by atoms with Crippen LogP contribution < -0.4 is 25.4 Å². The fourth-order valence-corrected chi connectivity index (χ4v) is 5.06. The summed E-state index contributed by atoms with van der Waals surface area (Å²) in [6.45, 7) is 6.49. The molecule has 11 nitrogen and oxygen atoms in total. The number of carbonyl (C=O) groups is 2. The number of aromatic nitrogens is 2. The summed E-state index contributed by atoms with van der Waals surface area (Å²) in [4.78, 5) is 40.2. The van der Waals surface area contributed by atoms with E-state index in [4.69, 9.17) is 19.4 Å². The molecule has 2 atom stereocenters. The first kappa shape index (κ1) is 26.5. The number of rotatable bonds is 4. The number of methoxy groups -OCH3 is 2. The molecule has 2 aliphatic heterocycles. The number of nitrogens with one attached hydrogen (secondary N) is 3. The zero-order valence-electron chi connectivity index (χ0n) is 22.7. The van der Waals surface area contributed by atoms with Crippen LogP contribution in [0.15, 0.2) is 42.5 Å². The van der Waals surface area contributed by atoms with E-state index in [1.54, 1.807) is 37.3 Å². The number of fused-ring (bicyclic) bond motifs is 5. The van der Waals surface area contributed by atoms with Gasteiger partial charge in [0.05, 0.1) is 26.3 Å². The zero-order valence-corrected chi connectivity index (χ0v) is 22.7. The Kier molecular flexibility index (Phi) is 7.69. The maximum absolute atomic E-state index is 13.3. The number of hydrogen-bond acceptors (Lipinski definition) is 8. The van der Waals surface area contributed by atoms with Gasteiger partial charge >= 0.3 is 6.03 Å². The molecule has 1 aromatic heterocycles. The van der Waals surface area contributed by atoms with Crippen LogP contribution >= 0.6 is 0 Å². The Morgan fingerprint density at radius 2 is 1.82 bits per heavy atom. The number of piperazine rings is 1. The van der Waals surface area contributed by atoms with Crippen LogP contribution in [0.3, 0.4) is 0 Å². The summed E-state index contributed by atoms with van der Waals surface area (Å²) in [5, 5.41) is 10.4. The van der Waals surface area contributed by atoms with Gasteiger partial charge in [-0.2, -0.15) is 0 Å². The van der Waals surface area contributed by atoms with Crippen LogP contribution in [-0.4, -0.2) is 84.2 Å². The normalized spacial score (nSPS) is 19.9. The second kappa shape index (κ2) is 11.3. The molecule has 3 N–H and O–H groups in total. The molecule has 5 rings (SSSR count). The van der Waals surface area contributed by atoms with E-state index in [9.17, 15) is 9.59 Å². The summed E-state index contributed by atoms with van der Waals surface area (Å²) in [5.74, 6) is 2.45. The van der Waals surface area contributed by atoms with E-state index < -0.39 is 6.04 Å². The van der Waals surface area contributed by atoms with Gasteiger partial charge in [-0.1, -0.05) is 26.0 Å². The summed E-state index contributed by atoms with van der Waals surface area (Å²) in [6.07, 6.45) is 0. The number of carbonyl (C=O) groups excluding carboxylic acids is 2. The average molecular weight is 534 g/mol. The van der Waals surface area contributed by atoms with Crippen LogP contribution in [0.1, 0.15) is 19.7 Å². The molecule has 0 aliphatic carbocycles. The van der Waals surface area contributed by atoms with E-state index in [-0.39, 0.29) is 23.9 Å². The highest BCUT2D eigenvalue weighted by molar-refractivity contribution is 5.92. The van der Waals surface area contributed by atoms with Crippen molar-refractivity contribution in [3.05, 3.63) is 48.3 Å². The van der Waals surface area contributed by atoms with Crippen molar-refractivity contribution in [1.29, 1.82) is 0 Å². The Balaban J connectivity index is 1.39. The van der Waals surface area contributed by atoms with Crippen molar-refractivity contribution in [3.63, 3.8) is 0 Å². The number of ether oxygens (including phenoxy) is 2. The minimum absolute atomic E-state index is 0.0347. The number of amides is 3. The van der Waals surface area contributed by atoms with Crippen LogP contribution in [0.2, 0.25) is 0 Å². The Morgan fingerprint density at radius 1 is 1.08 bits per heavy atom. The molecule has 2 bridgehead atoms. The van der Waals surface area contributed by atoms with Crippen LogP contribution in [0, 0.1) is 5.92 Å². The molecule has 2 aliphatic rings. The van der Waals surface area contributed by atoms with Crippen molar-refractivity contribution in [2.45, 2.75) is 32.5 Å². The van der Waals surface area contributed by atoms with E-state index >= 15 is 0 Å². The van der Waals surface area contributed by atoms with E-state index in [0.29, 0.717) is 61.6 Å². The van der Waals surface area contributed by atoms with Crippen LogP contribution in [0.5, 0.6) is 11.5 Å². The van der Waals surface area contributed by atoms with Gasteiger partial charge in [-0.25, -0.2) is 14.8 Å². The summed E-state index contributed by atoms with van der Waals surface area (Å²) >= 11 is 0. The summed E-state index contributed by atoms with van der Waals surface area (Å²) in [6, 6.07) is 12.3. The lowest BCUT2D eigenvalue weighted by Crippen LogP contribution is -2.59. The highest BCUT2D eigenvalue weighted by Crippen LogP contribution is 2.27. The van der Waals surface area contributed by atoms with Gasteiger partial charge in [0.2, 0.25) is 5.91 Å². The van der Waals surface area contributed by atoms with Crippen molar-refractivity contribution < 1.29 is 19.1 Å². The molecule has 1 unspecified atom stereocenters. The Bertz CT molecular complexity index is 1340. The summed E-state index contributed by atoms with van der Waals surface area (Å²) in [7, 11) is 3.13. The first-order valence-corrected chi connectivity index (χ1v) is 13.2. The van der Waals surface area contributed by atoms with Crippen molar-refractivity contribution in [1.82, 2.24) is 25.1 Å². The Labute approximate surface area is 227 Å². The number of anilines is 2. The smallest absolute Gasteiger partial charge is 0.321 e. The minimum atomic E-state index is -0.464. The molecular weight excluding hydrogens is 498 g/mol. The Hall–Kier alpha value is -4.12. The van der Waals surface area contributed by atoms with E-state index in [0.717, 1.165) is 10.9 Å². The molecule has 206 valence electrons. The molecule has 1 saturated heterocycles. The lowest BCUT2D eigenvalue weighted by Gasteiger charge is -2.41. The van der Waals surface area contributed by atoms with Gasteiger partial charge in [0.1, 0.15) is 29.2 Å². The molecule has 0 saturated carbocycles. The molecule has 0 spiro atoms. The number of benzene rings is 2. The van der Waals surface area contributed by atoms with Gasteiger partial charge in [-0.05, 0) is 18.1 Å². The molecule has 3 heterocycles. The minimum Gasteiger partial charge on any atom is -0.497 e. The van der Waals surface area contributed by atoms with E-state index in [1.807, 2.05) is 38.1 Å². The van der Waals surface area contributed by atoms with Crippen LogP contribution in [-0.2, 0) is 11.3 Å². The molecule has 0 radical (unpaired) electrons. The van der Waals surface area contributed by atoms with Crippen LogP contribution in [0.4, 0.5) is 16.3 Å². The molecule has 1 fully saturated rings. The lowest BCUT2D eigenvalue weighted by atomic mass is 10.0. The fourth-order valence-electron chi connectivity index (χ4n) is 5.06. The predicted molar refractivity (Wildman–Crippen MR) is 149 cm³/mol. The second-order valence-electron chi connectivity index (χ2n) is 10.2. The molecule has 3 aromatic rings. The predicted octanol–water partition coefficient (Wildman–Crippen LogP) is 2.93. The van der Waals surface area contributed by atoms with Gasteiger partial charge in [0.25, 0.3) is 0 Å². The van der Waals surface area contributed by atoms with Crippen molar-refractivity contribution >= 4 is 34.3 Å². The van der Waals surface area contributed by atoms with Gasteiger partial charge in [0.15, 0.2) is 0 Å². The molecule has 3 amide bonds. The number of para-hydroxylation sites is 1. The SMILES string of the molecule is COc1cc(NC(=O)N2CCN3Cc4nc(c5ccccc5n4)N[C@@H](C(C)C)C(=O)NCC3C2)cc(OC)c1. The van der Waals surface area contributed by atoms with Gasteiger partial charge < -0.3 is 30.3 Å². The number of urea groups is 1. The third-order valence-corrected chi connectivity index (χ3v) is 7.24. The second-order valence-corrected chi connectivity index (χ2v) is 10.2. The highest BCUT2D eigenvalue weighted by atomic mass is 16.5. The van der Waals surface area contributed by atoms with E-state index in [1.165, 1.54) is 0 Å². The van der Waals surface area contributed by atoms with Gasteiger partial charge in [-0.15, -0.1) is 0 Å². The maximum atomic E-state index is 13.3. The van der Waals surface area contributed by atoms with Crippen LogP contribution in [0.25, 0.3) is 10.9 Å². The third kappa shape index (κ3) is 5.83. The maximum Gasteiger partial charge on any atom is 0.321 e. The zero-order chi connectivity index (χ0) is 27.5. The molecule has 11 heteroatoms. The van der Waals surface area contributed by atoms with Crippen molar-refractivity contribution in [2.24, 2.45) is 5.92 Å². The quantitative estimate of drug-likeness (QED) is 0.468. The molecule has 2 aromatic carbocycles. The largest absolute Gasteiger partial charge is 0.497 e. The fraction of sp³-hybridized carbons (Fsp3) is 0.429. The highest BCUT2D eigenvalue weighted by Gasteiger charge is 2.33.